The number of halogens is 3. The summed E-state index contributed by atoms with van der Waals surface area (Å²) < 4.78 is 37.5. The van der Waals surface area contributed by atoms with Crippen LogP contribution in [-0.4, -0.2) is 16.7 Å². The van der Waals surface area contributed by atoms with Crippen molar-refractivity contribution in [3.8, 4) is 0 Å². The highest BCUT2D eigenvalue weighted by Gasteiger charge is 2.36. The minimum absolute atomic E-state index is 0.0918. The van der Waals surface area contributed by atoms with Crippen LogP contribution < -0.4 is 11.1 Å². The highest BCUT2D eigenvalue weighted by atomic mass is 32.1. The van der Waals surface area contributed by atoms with Crippen molar-refractivity contribution < 1.29 is 13.2 Å². The van der Waals surface area contributed by atoms with Gasteiger partial charge >= 0.3 is 6.18 Å². The van der Waals surface area contributed by atoms with Crippen LogP contribution >= 0.6 is 11.3 Å². The lowest BCUT2D eigenvalue weighted by atomic mass is 9.92. The fourth-order valence-corrected chi connectivity index (χ4v) is 2.41. The van der Waals surface area contributed by atoms with Crippen LogP contribution in [0.2, 0.25) is 0 Å². The van der Waals surface area contributed by atoms with Gasteiger partial charge in [-0.25, -0.2) is 0 Å². The van der Waals surface area contributed by atoms with Gasteiger partial charge in [-0.2, -0.15) is 13.2 Å². The third kappa shape index (κ3) is 3.07. The SMILES string of the molecule is CC(CN)(Nc1nnc(C(F)(F)F)s1)c1ccccc1. The second kappa shape index (κ2) is 5.37. The molecule has 0 radical (unpaired) electrons. The Morgan fingerprint density at radius 1 is 1.20 bits per heavy atom. The largest absolute Gasteiger partial charge is 0.445 e. The van der Waals surface area contributed by atoms with Gasteiger partial charge in [0, 0.05) is 6.54 Å². The lowest BCUT2D eigenvalue weighted by Gasteiger charge is -2.29. The number of nitrogens with two attached hydrogens (primary N) is 1. The first-order valence-electron chi connectivity index (χ1n) is 5.79. The van der Waals surface area contributed by atoms with Gasteiger partial charge in [-0.1, -0.05) is 41.7 Å². The van der Waals surface area contributed by atoms with E-state index in [0.717, 1.165) is 5.56 Å². The Hall–Kier alpha value is -1.67. The summed E-state index contributed by atoms with van der Waals surface area (Å²) in [5.74, 6) is 0. The minimum Gasteiger partial charge on any atom is -0.350 e. The van der Waals surface area contributed by atoms with Crippen LogP contribution in [0.15, 0.2) is 30.3 Å². The number of rotatable bonds is 4. The number of hydrogen-bond acceptors (Lipinski definition) is 5. The van der Waals surface area contributed by atoms with Gasteiger partial charge in [0.2, 0.25) is 10.1 Å². The van der Waals surface area contributed by atoms with Gasteiger partial charge in [0.05, 0.1) is 5.54 Å². The molecule has 2 aromatic rings. The summed E-state index contributed by atoms with van der Waals surface area (Å²) in [6, 6.07) is 9.24. The van der Waals surface area contributed by atoms with E-state index in [-0.39, 0.29) is 11.7 Å². The summed E-state index contributed by atoms with van der Waals surface area (Å²) in [4.78, 5) is 0. The smallest absolute Gasteiger partial charge is 0.350 e. The molecule has 20 heavy (non-hydrogen) atoms. The third-order valence-corrected chi connectivity index (χ3v) is 3.75. The lowest BCUT2D eigenvalue weighted by Crippen LogP contribution is -2.39. The number of alkyl halides is 3. The number of aromatic nitrogens is 2. The van der Waals surface area contributed by atoms with Crippen LogP contribution in [0, 0.1) is 0 Å². The molecule has 0 aliphatic rings. The van der Waals surface area contributed by atoms with Crippen LogP contribution in [-0.2, 0) is 11.7 Å². The molecule has 0 aliphatic carbocycles. The van der Waals surface area contributed by atoms with E-state index in [1.807, 2.05) is 30.3 Å². The van der Waals surface area contributed by atoms with Gasteiger partial charge in [0.1, 0.15) is 0 Å². The number of benzene rings is 1. The van der Waals surface area contributed by atoms with E-state index in [1.54, 1.807) is 6.92 Å². The molecule has 1 aromatic heterocycles. The molecule has 1 heterocycles. The quantitative estimate of drug-likeness (QED) is 0.911. The molecule has 2 rings (SSSR count). The monoisotopic (exact) mass is 302 g/mol. The first-order chi connectivity index (χ1) is 9.35. The minimum atomic E-state index is -4.48. The zero-order valence-electron chi connectivity index (χ0n) is 10.6. The summed E-state index contributed by atoms with van der Waals surface area (Å²) in [5.41, 5.74) is 5.91. The van der Waals surface area contributed by atoms with Crippen molar-refractivity contribution in [2.75, 3.05) is 11.9 Å². The van der Waals surface area contributed by atoms with Crippen LogP contribution in [0.25, 0.3) is 0 Å². The Bertz CT molecular complexity index is 570. The van der Waals surface area contributed by atoms with Gasteiger partial charge in [-0.15, -0.1) is 10.2 Å². The Balaban J connectivity index is 2.25. The van der Waals surface area contributed by atoms with Crippen molar-refractivity contribution >= 4 is 16.5 Å². The van der Waals surface area contributed by atoms with E-state index in [1.165, 1.54) is 0 Å². The lowest BCUT2D eigenvalue weighted by molar-refractivity contribution is -0.138. The molecule has 4 nitrogen and oxygen atoms in total. The first-order valence-corrected chi connectivity index (χ1v) is 6.61. The number of anilines is 1. The van der Waals surface area contributed by atoms with Crippen LogP contribution in [0.4, 0.5) is 18.3 Å². The van der Waals surface area contributed by atoms with Gasteiger partial charge in [0.25, 0.3) is 0 Å². The molecule has 3 N–H and O–H groups in total. The molecule has 1 unspecified atom stereocenters. The average Bonchev–Trinajstić information content (AvgIpc) is 2.88. The molecule has 0 saturated heterocycles. The molecule has 0 aliphatic heterocycles. The number of nitrogens with one attached hydrogen (secondary N) is 1. The van der Waals surface area contributed by atoms with Crippen molar-refractivity contribution in [2.24, 2.45) is 5.73 Å². The number of nitrogens with zero attached hydrogens (tertiary/aromatic N) is 2. The Morgan fingerprint density at radius 2 is 1.85 bits per heavy atom. The van der Waals surface area contributed by atoms with Crippen LogP contribution in [0.1, 0.15) is 17.5 Å². The predicted molar refractivity (Wildman–Crippen MR) is 71.4 cm³/mol. The van der Waals surface area contributed by atoms with E-state index >= 15 is 0 Å². The highest BCUT2D eigenvalue weighted by molar-refractivity contribution is 7.15. The average molecular weight is 302 g/mol. The molecule has 108 valence electrons. The summed E-state index contributed by atoms with van der Waals surface area (Å²) in [6.07, 6.45) is -4.48. The van der Waals surface area contributed by atoms with Gasteiger partial charge in [-0.3, -0.25) is 0 Å². The van der Waals surface area contributed by atoms with Gasteiger partial charge in [0.15, 0.2) is 0 Å². The third-order valence-electron chi connectivity index (χ3n) is 2.87. The van der Waals surface area contributed by atoms with Crippen molar-refractivity contribution in [2.45, 2.75) is 18.6 Å². The Morgan fingerprint density at radius 3 is 2.35 bits per heavy atom. The summed E-state index contributed by atoms with van der Waals surface area (Å²) in [7, 11) is 0. The molecule has 0 bridgehead atoms. The molecule has 1 atom stereocenters. The van der Waals surface area contributed by atoms with Crippen molar-refractivity contribution in [3.63, 3.8) is 0 Å². The Labute approximate surface area is 117 Å². The van der Waals surface area contributed by atoms with Gasteiger partial charge < -0.3 is 11.1 Å². The van der Waals surface area contributed by atoms with Crippen LogP contribution in [0.3, 0.4) is 0 Å². The summed E-state index contributed by atoms with van der Waals surface area (Å²) in [6.45, 7) is 2.01. The van der Waals surface area contributed by atoms with Crippen molar-refractivity contribution in [3.05, 3.63) is 40.9 Å². The maximum absolute atomic E-state index is 12.5. The van der Waals surface area contributed by atoms with E-state index in [9.17, 15) is 13.2 Å². The van der Waals surface area contributed by atoms with E-state index < -0.39 is 16.7 Å². The second-order valence-electron chi connectivity index (χ2n) is 4.44. The summed E-state index contributed by atoms with van der Waals surface area (Å²) >= 11 is 0.463. The van der Waals surface area contributed by atoms with E-state index in [2.05, 4.69) is 15.5 Å². The zero-order valence-corrected chi connectivity index (χ0v) is 11.4. The molecule has 8 heteroatoms. The van der Waals surface area contributed by atoms with Crippen molar-refractivity contribution in [1.82, 2.24) is 10.2 Å². The second-order valence-corrected chi connectivity index (χ2v) is 5.41. The maximum Gasteiger partial charge on any atom is 0.445 e. The fraction of sp³-hybridized carbons (Fsp3) is 0.333. The molecule has 0 saturated carbocycles. The van der Waals surface area contributed by atoms with Gasteiger partial charge in [-0.05, 0) is 12.5 Å². The maximum atomic E-state index is 12.5. The predicted octanol–water partition coefficient (Wildman–Crippen LogP) is 2.84. The van der Waals surface area contributed by atoms with Crippen molar-refractivity contribution in [1.29, 1.82) is 0 Å². The fourth-order valence-electron chi connectivity index (χ4n) is 1.67. The molecule has 0 fully saturated rings. The Kier molecular flexibility index (Phi) is 3.96. The normalized spacial score (nSPS) is 14.8. The zero-order chi connectivity index (χ0) is 14.8. The number of hydrogen-bond donors (Lipinski definition) is 2. The molecular formula is C12H13F3N4S. The molecule has 0 spiro atoms. The first kappa shape index (κ1) is 14.7. The molecule has 1 aromatic carbocycles. The highest BCUT2D eigenvalue weighted by Crippen LogP contribution is 2.35. The van der Waals surface area contributed by atoms with E-state index in [0.29, 0.717) is 11.3 Å². The molecular weight excluding hydrogens is 289 g/mol. The standard InChI is InChI=1S/C12H13F3N4S/c1-11(7-16,8-5-3-2-4-6-8)17-10-19-18-9(20-10)12(13,14)15/h2-6H,7,16H2,1H3,(H,17,19). The topological polar surface area (TPSA) is 63.8 Å². The van der Waals surface area contributed by atoms with E-state index in [4.69, 9.17) is 5.73 Å². The summed E-state index contributed by atoms with van der Waals surface area (Å²) in [5, 5.41) is 8.71. The molecule has 0 amide bonds. The van der Waals surface area contributed by atoms with Crippen LogP contribution in [0.5, 0.6) is 0 Å².